The van der Waals surface area contributed by atoms with Crippen LogP contribution in [0.4, 0.5) is 0 Å². The van der Waals surface area contributed by atoms with E-state index in [0.717, 1.165) is 22.4 Å². The van der Waals surface area contributed by atoms with Crippen LogP contribution in [-0.2, 0) is 22.6 Å². The monoisotopic (exact) mass is 472 g/mol. The zero-order valence-corrected chi connectivity index (χ0v) is 21.0. The number of nitrogens with zero attached hydrogens (tertiary/aromatic N) is 1. The molecular weight excluding hydrogens is 436 g/mol. The molecule has 0 bridgehead atoms. The minimum absolute atomic E-state index is 0.0482. The Labute approximate surface area is 209 Å². The lowest BCUT2D eigenvalue weighted by molar-refractivity contribution is -0.141. The van der Waals surface area contributed by atoms with Gasteiger partial charge in [0.2, 0.25) is 11.8 Å². The highest BCUT2D eigenvalue weighted by atomic mass is 16.5. The summed E-state index contributed by atoms with van der Waals surface area (Å²) in [5.41, 5.74) is 4.34. The zero-order chi connectivity index (χ0) is 25.0. The third-order valence-electron chi connectivity index (χ3n) is 6.05. The first-order chi connectivity index (χ1) is 17.0. The van der Waals surface area contributed by atoms with Crippen LogP contribution in [0.3, 0.4) is 0 Å². The molecule has 35 heavy (non-hydrogen) atoms. The Kier molecular flexibility index (Phi) is 9.91. The molecule has 3 aromatic rings. The van der Waals surface area contributed by atoms with Crippen LogP contribution in [0.5, 0.6) is 5.75 Å². The highest BCUT2D eigenvalue weighted by Gasteiger charge is 2.30. The summed E-state index contributed by atoms with van der Waals surface area (Å²) in [6.07, 6.45) is 1.34. The number of likely N-dealkylation sites (N-methyl/N-ethyl adjacent to an activating group) is 1. The molecule has 0 heterocycles. The Morgan fingerprint density at radius 2 is 1.60 bits per heavy atom. The Morgan fingerprint density at radius 3 is 2.29 bits per heavy atom. The lowest BCUT2D eigenvalue weighted by Gasteiger charge is -2.32. The van der Waals surface area contributed by atoms with Crippen LogP contribution < -0.4 is 10.1 Å². The predicted octanol–water partition coefficient (Wildman–Crippen LogP) is 5.24. The fraction of sp³-hybridized carbons (Fsp3) is 0.333. The van der Waals surface area contributed by atoms with Crippen molar-refractivity contribution < 1.29 is 14.3 Å². The molecule has 184 valence electrons. The zero-order valence-electron chi connectivity index (χ0n) is 21.0. The summed E-state index contributed by atoms with van der Waals surface area (Å²) < 4.78 is 5.82. The molecule has 0 aliphatic rings. The van der Waals surface area contributed by atoms with Gasteiger partial charge in [0.15, 0.2) is 0 Å². The largest absolute Gasteiger partial charge is 0.494 e. The summed E-state index contributed by atoms with van der Waals surface area (Å²) in [6, 6.07) is 25.2. The molecule has 0 saturated heterocycles. The maximum atomic E-state index is 13.5. The lowest BCUT2D eigenvalue weighted by Crippen LogP contribution is -2.50. The molecule has 3 aromatic carbocycles. The van der Waals surface area contributed by atoms with E-state index in [0.29, 0.717) is 39.0 Å². The summed E-state index contributed by atoms with van der Waals surface area (Å²) in [5.74, 6) is 0.617. The maximum Gasteiger partial charge on any atom is 0.243 e. The molecule has 0 unspecified atom stereocenters. The van der Waals surface area contributed by atoms with Crippen molar-refractivity contribution in [2.45, 2.75) is 52.6 Å². The molecule has 5 heteroatoms. The number of benzene rings is 3. The standard InChI is InChI=1S/C30H36N2O3/c1-4-31-30(34)28(21-25-12-6-5-7-13-25)32(22-26-14-9-8-11-24(26)3)29(33)15-10-20-35-27-18-16-23(2)17-19-27/h5-9,11-14,16-19,28H,4,10,15,20-22H2,1-3H3,(H,31,34)/t28-/m1/s1. The third-order valence-corrected chi connectivity index (χ3v) is 6.05. The molecule has 1 atom stereocenters. The first kappa shape index (κ1) is 26.0. The van der Waals surface area contributed by atoms with Crippen molar-refractivity contribution in [2.75, 3.05) is 13.2 Å². The van der Waals surface area contributed by atoms with Gasteiger partial charge in [-0.05, 0) is 56.0 Å². The van der Waals surface area contributed by atoms with Crippen LogP contribution in [-0.4, -0.2) is 35.9 Å². The average Bonchev–Trinajstić information content (AvgIpc) is 2.86. The van der Waals surface area contributed by atoms with Gasteiger partial charge < -0.3 is 15.0 Å². The second kappa shape index (κ2) is 13.3. The van der Waals surface area contributed by atoms with Gasteiger partial charge in [-0.1, -0.05) is 72.3 Å². The van der Waals surface area contributed by atoms with Gasteiger partial charge in [-0.3, -0.25) is 9.59 Å². The van der Waals surface area contributed by atoms with Crippen molar-refractivity contribution in [1.29, 1.82) is 0 Å². The van der Waals surface area contributed by atoms with Crippen LogP contribution in [0.15, 0.2) is 78.9 Å². The molecule has 0 radical (unpaired) electrons. The second-order valence-electron chi connectivity index (χ2n) is 8.81. The van der Waals surface area contributed by atoms with E-state index >= 15 is 0 Å². The topological polar surface area (TPSA) is 58.6 Å². The molecule has 0 aliphatic heterocycles. The van der Waals surface area contributed by atoms with E-state index in [2.05, 4.69) is 5.32 Å². The van der Waals surface area contributed by atoms with Crippen LogP contribution in [0, 0.1) is 13.8 Å². The van der Waals surface area contributed by atoms with E-state index in [4.69, 9.17) is 4.74 Å². The Hall–Kier alpha value is -3.60. The highest BCUT2D eigenvalue weighted by Crippen LogP contribution is 2.19. The Bertz CT molecular complexity index is 1080. The minimum atomic E-state index is -0.595. The normalized spacial score (nSPS) is 11.5. The lowest BCUT2D eigenvalue weighted by atomic mass is 10.0. The summed E-state index contributed by atoms with van der Waals surface area (Å²) in [7, 11) is 0. The van der Waals surface area contributed by atoms with Gasteiger partial charge in [-0.15, -0.1) is 0 Å². The average molecular weight is 473 g/mol. The van der Waals surface area contributed by atoms with Crippen LogP contribution in [0.1, 0.15) is 42.0 Å². The summed E-state index contributed by atoms with van der Waals surface area (Å²) in [4.78, 5) is 28.5. The van der Waals surface area contributed by atoms with Gasteiger partial charge in [0.25, 0.3) is 0 Å². The number of carbonyl (C=O) groups is 2. The fourth-order valence-corrected chi connectivity index (χ4v) is 4.01. The van der Waals surface area contributed by atoms with E-state index in [-0.39, 0.29) is 11.8 Å². The maximum absolute atomic E-state index is 13.5. The number of aryl methyl sites for hydroxylation is 2. The number of rotatable bonds is 12. The van der Waals surface area contributed by atoms with Crippen molar-refractivity contribution in [3.63, 3.8) is 0 Å². The molecule has 0 fully saturated rings. The number of amides is 2. The van der Waals surface area contributed by atoms with Gasteiger partial charge in [0.1, 0.15) is 11.8 Å². The van der Waals surface area contributed by atoms with Crippen molar-refractivity contribution in [3.8, 4) is 5.75 Å². The van der Waals surface area contributed by atoms with Gasteiger partial charge in [0.05, 0.1) is 6.61 Å². The van der Waals surface area contributed by atoms with E-state index in [1.165, 1.54) is 5.56 Å². The molecular formula is C30H36N2O3. The van der Waals surface area contributed by atoms with Gasteiger partial charge in [-0.2, -0.15) is 0 Å². The van der Waals surface area contributed by atoms with Crippen molar-refractivity contribution >= 4 is 11.8 Å². The van der Waals surface area contributed by atoms with Crippen molar-refractivity contribution in [1.82, 2.24) is 10.2 Å². The number of hydrogen-bond acceptors (Lipinski definition) is 3. The third kappa shape index (κ3) is 7.99. The van der Waals surface area contributed by atoms with Gasteiger partial charge >= 0.3 is 0 Å². The number of nitrogens with one attached hydrogen (secondary N) is 1. The summed E-state index contributed by atoms with van der Waals surface area (Å²) >= 11 is 0. The van der Waals surface area contributed by atoms with Gasteiger partial charge in [0, 0.05) is 25.9 Å². The first-order valence-corrected chi connectivity index (χ1v) is 12.3. The van der Waals surface area contributed by atoms with Crippen LogP contribution in [0.2, 0.25) is 0 Å². The Balaban J connectivity index is 1.77. The van der Waals surface area contributed by atoms with E-state index in [9.17, 15) is 9.59 Å². The first-order valence-electron chi connectivity index (χ1n) is 12.3. The quantitative estimate of drug-likeness (QED) is 0.367. The Morgan fingerprint density at radius 1 is 0.914 bits per heavy atom. The molecule has 3 rings (SSSR count). The number of hydrogen-bond donors (Lipinski definition) is 1. The molecule has 2 amide bonds. The minimum Gasteiger partial charge on any atom is -0.494 e. The highest BCUT2D eigenvalue weighted by molar-refractivity contribution is 5.88. The molecule has 0 spiro atoms. The van der Waals surface area contributed by atoms with E-state index in [1.54, 1.807) is 4.90 Å². The fourth-order valence-electron chi connectivity index (χ4n) is 4.01. The molecule has 0 saturated carbocycles. The molecule has 0 aromatic heterocycles. The summed E-state index contributed by atoms with van der Waals surface area (Å²) in [6.45, 7) is 7.31. The predicted molar refractivity (Wildman–Crippen MR) is 140 cm³/mol. The van der Waals surface area contributed by atoms with Crippen LogP contribution >= 0.6 is 0 Å². The van der Waals surface area contributed by atoms with Crippen LogP contribution in [0.25, 0.3) is 0 Å². The second-order valence-corrected chi connectivity index (χ2v) is 8.81. The van der Waals surface area contributed by atoms with Gasteiger partial charge in [-0.25, -0.2) is 0 Å². The molecule has 1 N–H and O–H groups in total. The molecule has 5 nitrogen and oxygen atoms in total. The van der Waals surface area contributed by atoms with Crippen molar-refractivity contribution in [2.24, 2.45) is 0 Å². The number of carbonyl (C=O) groups excluding carboxylic acids is 2. The molecule has 0 aliphatic carbocycles. The van der Waals surface area contributed by atoms with E-state index in [1.807, 2.05) is 99.6 Å². The van der Waals surface area contributed by atoms with Crippen molar-refractivity contribution in [3.05, 3.63) is 101 Å². The van der Waals surface area contributed by atoms with E-state index < -0.39 is 6.04 Å². The summed E-state index contributed by atoms with van der Waals surface area (Å²) in [5, 5.41) is 2.94. The smallest absolute Gasteiger partial charge is 0.243 e. The number of ether oxygens (including phenoxy) is 1. The SMILES string of the molecule is CCNC(=O)[C@@H](Cc1ccccc1)N(Cc1ccccc1C)C(=O)CCCOc1ccc(C)cc1.